The molecule has 0 radical (unpaired) electrons. The van der Waals surface area contributed by atoms with Gasteiger partial charge in [0.25, 0.3) is 0 Å². The van der Waals surface area contributed by atoms with Crippen molar-refractivity contribution in [3.63, 3.8) is 0 Å². The van der Waals surface area contributed by atoms with Crippen molar-refractivity contribution >= 4 is 0 Å². The SMILES string of the molecule is COc1ccc(O)c(CN2CCC3C(CCCN3C)C2)c1. The van der Waals surface area contributed by atoms with Crippen LogP contribution in [0.2, 0.25) is 0 Å². The van der Waals surface area contributed by atoms with E-state index in [9.17, 15) is 5.11 Å². The van der Waals surface area contributed by atoms with E-state index in [1.54, 1.807) is 19.2 Å². The Kier molecular flexibility index (Phi) is 4.36. The average Bonchev–Trinajstić information content (AvgIpc) is 2.50. The summed E-state index contributed by atoms with van der Waals surface area (Å²) in [6, 6.07) is 6.25. The van der Waals surface area contributed by atoms with Gasteiger partial charge in [0.15, 0.2) is 0 Å². The molecule has 2 unspecified atom stereocenters. The lowest BCUT2D eigenvalue weighted by molar-refractivity contribution is 0.0352. The summed E-state index contributed by atoms with van der Waals surface area (Å²) < 4.78 is 5.26. The van der Waals surface area contributed by atoms with E-state index in [1.165, 1.54) is 25.8 Å². The monoisotopic (exact) mass is 290 g/mol. The van der Waals surface area contributed by atoms with Crippen LogP contribution in [-0.4, -0.2) is 54.7 Å². The number of nitrogens with zero attached hydrogens (tertiary/aromatic N) is 2. The molecule has 4 nitrogen and oxygen atoms in total. The lowest BCUT2D eigenvalue weighted by Gasteiger charge is -2.46. The number of hydrogen-bond acceptors (Lipinski definition) is 4. The van der Waals surface area contributed by atoms with Crippen LogP contribution in [0.15, 0.2) is 18.2 Å². The van der Waals surface area contributed by atoms with Gasteiger partial charge in [0.05, 0.1) is 7.11 Å². The number of ether oxygens (including phenoxy) is 1. The van der Waals surface area contributed by atoms with Crippen molar-refractivity contribution in [1.82, 2.24) is 9.80 Å². The number of fused-ring (bicyclic) bond motifs is 1. The number of likely N-dealkylation sites (tertiary alicyclic amines) is 2. The van der Waals surface area contributed by atoms with Crippen LogP contribution in [0.3, 0.4) is 0 Å². The fourth-order valence-electron chi connectivity index (χ4n) is 3.93. The Labute approximate surface area is 127 Å². The Morgan fingerprint density at radius 3 is 2.95 bits per heavy atom. The summed E-state index contributed by atoms with van der Waals surface area (Å²) in [6.45, 7) is 4.32. The van der Waals surface area contributed by atoms with Gasteiger partial charge in [-0.1, -0.05) is 0 Å². The van der Waals surface area contributed by atoms with Crippen LogP contribution in [0, 0.1) is 5.92 Å². The third-order valence-electron chi connectivity index (χ3n) is 5.11. The molecule has 0 aliphatic carbocycles. The molecule has 1 aromatic rings. The smallest absolute Gasteiger partial charge is 0.120 e. The first-order valence-corrected chi connectivity index (χ1v) is 7.96. The summed E-state index contributed by atoms with van der Waals surface area (Å²) in [7, 11) is 3.93. The molecule has 116 valence electrons. The van der Waals surface area contributed by atoms with Crippen LogP contribution in [0.25, 0.3) is 0 Å². The Morgan fingerprint density at radius 2 is 2.14 bits per heavy atom. The zero-order chi connectivity index (χ0) is 14.8. The maximum atomic E-state index is 10.0. The van der Waals surface area contributed by atoms with Gasteiger partial charge in [-0.05, 0) is 63.5 Å². The molecule has 4 heteroatoms. The summed E-state index contributed by atoms with van der Waals surface area (Å²) in [5.74, 6) is 1.97. The van der Waals surface area contributed by atoms with E-state index in [0.29, 0.717) is 5.75 Å². The number of aromatic hydroxyl groups is 1. The molecule has 21 heavy (non-hydrogen) atoms. The van der Waals surface area contributed by atoms with E-state index < -0.39 is 0 Å². The van der Waals surface area contributed by atoms with Crippen molar-refractivity contribution in [2.45, 2.75) is 31.8 Å². The minimum atomic E-state index is 0.374. The van der Waals surface area contributed by atoms with Gasteiger partial charge in [0, 0.05) is 24.7 Å². The van der Waals surface area contributed by atoms with E-state index in [-0.39, 0.29) is 0 Å². The first kappa shape index (κ1) is 14.7. The fraction of sp³-hybridized carbons (Fsp3) is 0.647. The molecule has 2 aliphatic rings. The van der Waals surface area contributed by atoms with Gasteiger partial charge >= 0.3 is 0 Å². The van der Waals surface area contributed by atoms with Gasteiger partial charge in [0.2, 0.25) is 0 Å². The highest BCUT2D eigenvalue weighted by Crippen LogP contribution is 2.31. The fourth-order valence-corrected chi connectivity index (χ4v) is 3.93. The quantitative estimate of drug-likeness (QED) is 0.927. The third kappa shape index (κ3) is 3.16. The Morgan fingerprint density at radius 1 is 1.29 bits per heavy atom. The second-order valence-electron chi connectivity index (χ2n) is 6.47. The van der Waals surface area contributed by atoms with E-state index in [0.717, 1.165) is 42.9 Å². The number of phenols is 1. The number of hydrogen-bond donors (Lipinski definition) is 1. The standard InChI is InChI=1S/C17H26N2O2/c1-18-8-3-4-13-11-19(9-7-16(13)18)12-14-10-15(21-2)5-6-17(14)20/h5-6,10,13,16,20H,3-4,7-9,11-12H2,1-2H3. The number of piperidine rings is 2. The zero-order valence-electron chi connectivity index (χ0n) is 13.1. The first-order chi connectivity index (χ1) is 10.2. The van der Waals surface area contributed by atoms with Crippen molar-refractivity contribution in [1.29, 1.82) is 0 Å². The zero-order valence-corrected chi connectivity index (χ0v) is 13.1. The number of benzene rings is 1. The third-order valence-corrected chi connectivity index (χ3v) is 5.11. The highest BCUT2D eigenvalue weighted by molar-refractivity contribution is 5.39. The molecule has 2 fully saturated rings. The number of methoxy groups -OCH3 is 1. The summed E-state index contributed by atoms with van der Waals surface area (Å²) in [5, 5.41) is 10.0. The Bertz CT molecular complexity index is 492. The highest BCUT2D eigenvalue weighted by atomic mass is 16.5. The summed E-state index contributed by atoms with van der Waals surface area (Å²) in [6.07, 6.45) is 3.90. The van der Waals surface area contributed by atoms with Gasteiger partial charge in [0.1, 0.15) is 11.5 Å². The molecule has 0 aromatic heterocycles. The normalized spacial score (nSPS) is 27.3. The van der Waals surface area contributed by atoms with E-state index in [1.807, 2.05) is 6.07 Å². The van der Waals surface area contributed by atoms with Crippen molar-refractivity contribution in [3.05, 3.63) is 23.8 Å². The summed E-state index contributed by atoms with van der Waals surface area (Å²) >= 11 is 0. The van der Waals surface area contributed by atoms with Gasteiger partial charge < -0.3 is 14.7 Å². The Balaban J connectivity index is 1.66. The number of phenolic OH excluding ortho intramolecular Hbond substituents is 1. The molecule has 0 spiro atoms. The molecule has 1 aromatic carbocycles. The minimum Gasteiger partial charge on any atom is -0.508 e. The van der Waals surface area contributed by atoms with Gasteiger partial charge in [-0.25, -0.2) is 0 Å². The van der Waals surface area contributed by atoms with Gasteiger partial charge in [-0.15, -0.1) is 0 Å². The summed E-state index contributed by atoms with van der Waals surface area (Å²) in [5.41, 5.74) is 0.969. The van der Waals surface area contributed by atoms with E-state index in [2.05, 4.69) is 16.8 Å². The van der Waals surface area contributed by atoms with Crippen LogP contribution < -0.4 is 4.74 Å². The van der Waals surface area contributed by atoms with Gasteiger partial charge in [-0.3, -0.25) is 4.90 Å². The second kappa shape index (κ2) is 6.24. The first-order valence-electron chi connectivity index (χ1n) is 7.96. The molecule has 0 bridgehead atoms. The second-order valence-corrected chi connectivity index (χ2v) is 6.47. The van der Waals surface area contributed by atoms with Crippen molar-refractivity contribution in [2.75, 3.05) is 33.8 Å². The maximum Gasteiger partial charge on any atom is 0.120 e. The van der Waals surface area contributed by atoms with Gasteiger partial charge in [-0.2, -0.15) is 0 Å². The maximum absolute atomic E-state index is 10.0. The lowest BCUT2D eigenvalue weighted by Crippen LogP contribution is -2.52. The Hall–Kier alpha value is -1.26. The molecule has 2 heterocycles. The molecule has 2 aliphatic heterocycles. The topological polar surface area (TPSA) is 35.9 Å². The predicted octanol–water partition coefficient (Wildman–Crippen LogP) is 2.32. The van der Waals surface area contributed by atoms with Crippen molar-refractivity contribution in [2.24, 2.45) is 5.92 Å². The molecule has 0 amide bonds. The molecular formula is C17H26N2O2. The molecular weight excluding hydrogens is 264 g/mol. The van der Waals surface area contributed by atoms with Crippen LogP contribution in [0.1, 0.15) is 24.8 Å². The molecule has 3 rings (SSSR count). The van der Waals surface area contributed by atoms with E-state index >= 15 is 0 Å². The predicted molar refractivity (Wildman–Crippen MR) is 83.7 cm³/mol. The number of rotatable bonds is 3. The van der Waals surface area contributed by atoms with Crippen LogP contribution >= 0.6 is 0 Å². The van der Waals surface area contributed by atoms with Crippen LogP contribution in [0.5, 0.6) is 11.5 Å². The lowest BCUT2D eigenvalue weighted by atomic mass is 9.84. The van der Waals surface area contributed by atoms with E-state index in [4.69, 9.17) is 4.74 Å². The van der Waals surface area contributed by atoms with Crippen LogP contribution in [0.4, 0.5) is 0 Å². The van der Waals surface area contributed by atoms with Crippen molar-refractivity contribution < 1.29 is 9.84 Å². The molecule has 2 atom stereocenters. The average molecular weight is 290 g/mol. The summed E-state index contributed by atoms with van der Waals surface area (Å²) in [4.78, 5) is 5.02. The molecule has 1 N–H and O–H groups in total. The minimum absolute atomic E-state index is 0.374. The highest BCUT2D eigenvalue weighted by Gasteiger charge is 2.34. The molecule has 2 saturated heterocycles. The van der Waals surface area contributed by atoms with Crippen molar-refractivity contribution in [3.8, 4) is 11.5 Å². The largest absolute Gasteiger partial charge is 0.508 e. The molecule has 0 saturated carbocycles. The van der Waals surface area contributed by atoms with Crippen LogP contribution in [-0.2, 0) is 6.54 Å².